The molecule has 0 bridgehead atoms. The van der Waals surface area contributed by atoms with Gasteiger partial charge >= 0.3 is 0 Å². The molecule has 5 rings (SSSR count). The lowest BCUT2D eigenvalue weighted by Gasteiger charge is -2.33. The number of nitrogens with zero attached hydrogens (tertiary/aromatic N) is 5. The second kappa shape index (κ2) is 9.43. The molecule has 4 heterocycles. The van der Waals surface area contributed by atoms with Crippen molar-refractivity contribution in [3.05, 3.63) is 48.2 Å². The maximum atomic E-state index is 13.5. The van der Waals surface area contributed by atoms with Crippen molar-refractivity contribution in [2.75, 3.05) is 49.6 Å². The van der Waals surface area contributed by atoms with Crippen molar-refractivity contribution in [1.82, 2.24) is 13.9 Å². The van der Waals surface area contributed by atoms with E-state index in [-0.39, 0.29) is 17.3 Å². The second-order valence-electron chi connectivity index (χ2n) is 8.31. The Morgan fingerprint density at radius 3 is 2.44 bits per heavy atom. The number of likely N-dealkylation sites (N-methyl/N-ethyl adjacent to an activating group) is 1. The van der Waals surface area contributed by atoms with Gasteiger partial charge in [-0.15, -0.1) is 0 Å². The van der Waals surface area contributed by atoms with E-state index in [1.54, 1.807) is 35.4 Å². The molecule has 1 fully saturated rings. The monoisotopic (exact) mass is 485 g/mol. The van der Waals surface area contributed by atoms with Gasteiger partial charge in [0.2, 0.25) is 5.91 Å². The number of hydrogen-bond acceptors (Lipinski definition) is 7. The lowest BCUT2D eigenvalue weighted by Crippen LogP contribution is -2.44. The molecular formula is C23H27N5O5S. The highest BCUT2D eigenvalue weighted by molar-refractivity contribution is 7.90. The Morgan fingerprint density at radius 2 is 1.76 bits per heavy atom. The topological polar surface area (TPSA) is 116 Å². The average molecular weight is 486 g/mol. The fourth-order valence-corrected chi connectivity index (χ4v) is 5.71. The van der Waals surface area contributed by atoms with E-state index in [0.717, 1.165) is 48.6 Å². The lowest BCUT2D eigenvalue weighted by molar-refractivity contribution is -0.123. The first-order valence-corrected chi connectivity index (χ1v) is 12.4. The van der Waals surface area contributed by atoms with Gasteiger partial charge < -0.3 is 19.8 Å². The number of rotatable bonds is 3. The van der Waals surface area contributed by atoms with Gasteiger partial charge in [0.1, 0.15) is 5.82 Å². The van der Waals surface area contributed by atoms with E-state index in [1.165, 1.54) is 10.9 Å². The number of hydrogen-bond donors (Lipinski definition) is 1. The molecule has 1 aromatic carbocycles. The Morgan fingerprint density at radius 1 is 1.06 bits per heavy atom. The van der Waals surface area contributed by atoms with Gasteiger partial charge in [-0.2, -0.15) is 0 Å². The number of benzene rings is 1. The second-order valence-corrected chi connectivity index (χ2v) is 10.1. The van der Waals surface area contributed by atoms with Crippen LogP contribution in [0.3, 0.4) is 0 Å². The van der Waals surface area contributed by atoms with Crippen LogP contribution in [0.15, 0.2) is 47.5 Å². The Labute approximate surface area is 198 Å². The maximum absolute atomic E-state index is 13.5. The number of carbonyl (C=O) groups is 2. The fraction of sp³-hybridized carbons (Fsp3) is 0.348. The van der Waals surface area contributed by atoms with Crippen molar-refractivity contribution < 1.29 is 23.1 Å². The van der Waals surface area contributed by atoms with Crippen LogP contribution in [0.25, 0.3) is 11.0 Å². The minimum Gasteiger partial charge on any atom is -0.483 e. The van der Waals surface area contributed by atoms with E-state index in [4.69, 9.17) is 14.9 Å². The molecule has 1 N–H and O–H groups in total. The van der Waals surface area contributed by atoms with E-state index in [1.807, 2.05) is 12.1 Å². The molecule has 2 aromatic heterocycles. The minimum atomic E-state index is -3.81. The van der Waals surface area contributed by atoms with E-state index in [9.17, 15) is 13.2 Å². The smallest absolute Gasteiger partial charge is 0.290 e. The zero-order valence-electron chi connectivity index (χ0n) is 19.1. The first kappa shape index (κ1) is 23.7. The van der Waals surface area contributed by atoms with Crippen LogP contribution < -0.4 is 9.80 Å². The standard InChI is InChI=1S/C22H25N5O3S.CH2O2/c1-16(28)26-9-7-18-15-19(4-5-20(18)26)31(29,30)27-10-8-17-3-6-21(23-22(17)27)25-13-11-24(2)12-14-25;2-1-3/h3-6,8,10,15H,7,9,11-14H2,1-2H3;1H,(H,2,3). The third-order valence-corrected chi connectivity index (χ3v) is 7.86. The highest BCUT2D eigenvalue weighted by Crippen LogP contribution is 2.32. The van der Waals surface area contributed by atoms with Gasteiger partial charge in [-0.05, 0) is 55.4 Å². The van der Waals surface area contributed by atoms with Gasteiger partial charge in [-0.3, -0.25) is 9.59 Å². The third kappa shape index (κ3) is 4.36. The predicted octanol–water partition coefficient (Wildman–Crippen LogP) is 1.63. The number of pyridine rings is 1. The molecule has 1 saturated heterocycles. The third-order valence-electron chi connectivity index (χ3n) is 6.20. The van der Waals surface area contributed by atoms with Gasteiger partial charge in [0.25, 0.3) is 16.5 Å². The van der Waals surface area contributed by atoms with Crippen molar-refractivity contribution in [3.63, 3.8) is 0 Å². The molecule has 3 aromatic rings. The molecule has 0 spiro atoms. The number of carboxylic acid groups (broad SMARTS) is 1. The highest BCUT2D eigenvalue weighted by Gasteiger charge is 2.27. The van der Waals surface area contributed by atoms with Gasteiger partial charge in [0, 0.05) is 56.9 Å². The quantitative estimate of drug-likeness (QED) is 0.557. The number of piperazine rings is 1. The molecule has 2 aliphatic rings. The van der Waals surface area contributed by atoms with Crippen molar-refractivity contribution in [3.8, 4) is 0 Å². The summed E-state index contributed by atoms with van der Waals surface area (Å²) in [4.78, 5) is 31.2. The fourth-order valence-electron chi connectivity index (χ4n) is 4.36. The van der Waals surface area contributed by atoms with Gasteiger partial charge in [-0.1, -0.05) is 0 Å². The number of aromatic nitrogens is 2. The summed E-state index contributed by atoms with van der Waals surface area (Å²) in [6.07, 6.45) is 2.21. The average Bonchev–Trinajstić information content (AvgIpc) is 3.44. The van der Waals surface area contributed by atoms with E-state index in [2.05, 4.69) is 16.8 Å². The van der Waals surface area contributed by atoms with Crippen LogP contribution in [0, 0.1) is 0 Å². The zero-order valence-corrected chi connectivity index (χ0v) is 19.9. The molecule has 0 aliphatic carbocycles. The van der Waals surface area contributed by atoms with Crippen LogP contribution >= 0.6 is 0 Å². The molecule has 1 amide bonds. The summed E-state index contributed by atoms with van der Waals surface area (Å²) in [7, 11) is -1.72. The van der Waals surface area contributed by atoms with Gasteiger partial charge in [-0.25, -0.2) is 17.4 Å². The molecule has 2 aliphatic heterocycles. The summed E-state index contributed by atoms with van der Waals surface area (Å²) < 4.78 is 28.2. The molecule has 34 heavy (non-hydrogen) atoms. The zero-order chi connectivity index (χ0) is 24.5. The van der Waals surface area contributed by atoms with E-state index in [0.29, 0.717) is 18.6 Å². The molecule has 0 saturated carbocycles. The summed E-state index contributed by atoms with van der Waals surface area (Å²) >= 11 is 0. The van der Waals surface area contributed by atoms with Crippen molar-refractivity contribution >= 4 is 44.9 Å². The van der Waals surface area contributed by atoms with Crippen LogP contribution in [0.1, 0.15) is 12.5 Å². The Balaban J connectivity index is 0.000000868. The first-order chi connectivity index (χ1) is 16.3. The first-order valence-electron chi connectivity index (χ1n) is 10.9. The summed E-state index contributed by atoms with van der Waals surface area (Å²) in [6, 6.07) is 10.6. The molecule has 10 nitrogen and oxygen atoms in total. The van der Waals surface area contributed by atoms with Crippen molar-refractivity contribution in [1.29, 1.82) is 0 Å². The Kier molecular flexibility index (Phi) is 6.58. The van der Waals surface area contributed by atoms with Crippen LogP contribution in [-0.4, -0.2) is 79.5 Å². The normalized spacial score (nSPS) is 16.2. The molecule has 0 unspecified atom stereocenters. The van der Waals surface area contributed by atoms with E-state index < -0.39 is 10.0 Å². The summed E-state index contributed by atoms with van der Waals surface area (Å²) in [5.74, 6) is 0.758. The summed E-state index contributed by atoms with van der Waals surface area (Å²) in [6.45, 7) is 5.47. The minimum absolute atomic E-state index is 0.0357. The maximum Gasteiger partial charge on any atom is 0.290 e. The molecule has 0 atom stereocenters. The summed E-state index contributed by atoms with van der Waals surface area (Å²) in [5, 5.41) is 7.67. The predicted molar refractivity (Wildman–Crippen MR) is 129 cm³/mol. The Hall–Kier alpha value is -3.44. The van der Waals surface area contributed by atoms with Crippen molar-refractivity contribution in [2.24, 2.45) is 0 Å². The summed E-state index contributed by atoms with van der Waals surface area (Å²) in [5.41, 5.74) is 2.10. The number of anilines is 2. The molecule has 0 radical (unpaired) electrons. The lowest BCUT2D eigenvalue weighted by atomic mass is 10.2. The Bertz CT molecular complexity index is 1330. The molecular weight excluding hydrogens is 458 g/mol. The van der Waals surface area contributed by atoms with Crippen LogP contribution in [0.5, 0.6) is 0 Å². The van der Waals surface area contributed by atoms with Crippen LogP contribution in [-0.2, 0) is 26.0 Å². The van der Waals surface area contributed by atoms with Crippen molar-refractivity contribution in [2.45, 2.75) is 18.2 Å². The molecule has 180 valence electrons. The number of fused-ring (bicyclic) bond motifs is 2. The highest BCUT2D eigenvalue weighted by atomic mass is 32.2. The van der Waals surface area contributed by atoms with E-state index >= 15 is 0 Å². The van der Waals surface area contributed by atoms with Gasteiger partial charge in [0.15, 0.2) is 5.65 Å². The van der Waals surface area contributed by atoms with Crippen LogP contribution in [0.2, 0.25) is 0 Å². The van der Waals surface area contributed by atoms with Crippen LogP contribution in [0.4, 0.5) is 11.5 Å². The number of carbonyl (C=O) groups excluding carboxylic acids is 1. The largest absolute Gasteiger partial charge is 0.483 e. The number of amides is 1. The van der Waals surface area contributed by atoms with Gasteiger partial charge in [0.05, 0.1) is 4.90 Å². The SMILES string of the molecule is CC(=O)N1CCc2cc(S(=O)(=O)n3ccc4ccc(N5CCN(C)CC5)nc43)ccc21.O=CO. The molecule has 11 heteroatoms.